The summed E-state index contributed by atoms with van der Waals surface area (Å²) in [4.78, 5) is 11.6. The molecule has 104 valence electrons. The fourth-order valence-electron chi connectivity index (χ4n) is 2.24. The monoisotopic (exact) mass is 268 g/mol. The summed E-state index contributed by atoms with van der Waals surface area (Å²) in [6.45, 7) is 2.97. The molecule has 5 heteroatoms. The van der Waals surface area contributed by atoms with Gasteiger partial charge in [-0.1, -0.05) is 19.4 Å². The van der Waals surface area contributed by atoms with E-state index in [-0.39, 0.29) is 17.6 Å². The van der Waals surface area contributed by atoms with Gasteiger partial charge < -0.3 is 10.6 Å². The van der Waals surface area contributed by atoms with Crippen molar-refractivity contribution in [3.63, 3.8) is 0 Å². The Morgan fingerprint density at radius 1 is 1.32 bits per heavy atom. The SMILES string of the molecule is CC1(CNCC(=O)Nc2c(F)cccc2F)CCC1. The topological polar surface area (TPSA) is 41.1 Å². The first kappa shape index (κ1) is 13.9. The molecule has 1 fully saturated rings. The maximum Gasteiger partial charge on any atom is 0.238 e. The highest BCUT2D eigenvalue weighted by molar-refractivity contribution is 5.92. The van der Waals surface area contributed by atoms with Crippen molar-refractivity contribution < 1.29 is 13.6 Å². The number of nitrogens with one attached hydrogen (secondary N) is 2. The van der Waals surface area contributed by atoms with Gasteiger partial charge in [0.05, 0.1) is 6.54 Å². The molecule has 0 aliphatic heterocycles. The number of para-hydroxylation sites is 1. The number of amides is 1. The summed E-state index contributed by atoms with van der Waals surface area (Å²) in [5.41, 5.74) is -0.118. The Bertz CT molecular complexity index is 452. The molecule has 0 aromatic heterocycles. The second kappa shape index (κ2) is 5.65. The molecule has 1 aromatic carbocycles. The molecule has 1 aliphatic carbocycles. The third-order valence-electron chi connectivity index (χ3n) is 3.63. The van der Waals surface area contributed by atoms with Gasteiger partial charge in [0.1, 0.15) is 17.3 Å². The lowest BCUT2D eigenvalue weighted by atomic mass is 9.70. The van der Waals surface area contributed by atoms with Crippen LogP contribution < -0.4 is 10.6 Å². The van der Waals surface area contributed by atoms with Crippen molar-refractivity contribution in [1.82, 2.24) is 5.32 Å². The van der Waals surface area contributed by atoms with Gasteiger partial charge in [0, 0.05) is 6.54 Å². The van der Waals surface area contributed by atoms with Gasteiger partial charge in [-0.2, -0.15) is 0 Å². The minimum absolute atomic E-state index is 0.0589. The summed E-state index contributed by atoms with van der Waals surface area (Å²) in [6.07, 6.45) is 3.54. The smallest absolute Gasteiger partial charge is 0.238 e. The van der Waals surface area contributed by atoms with Crippen LogP contribution in [0.5, 0.6) is 0 Å². The second-order valence-corrected chi connectivity index (χ2v) is 5.41. The van der Waals surface area contributed by atoms with Crippen LogP contribution in [0.4, 0.5) is 14.5 Å². The van der Waals surface area contributed by atoms with Crippen LogP contribution in [0.3, 0.4) is 0 Å². The molecule has 1 aliphatic rings. The van der Waals surface area contributed by atoms with E-state index in [1.54, 1.807) is 0 Å². The molecule has 2 rings (SSSR count). The van der Waals surface area contributed by atoms with Crippen molar-refractivity contribution in [3.05, 3.63) is 29.8 Å². The van der Waals surface area contributed by atoms with E-state index in [1.165, 1.54) is 12.5 Å². The number of hydrogen-bond donors (Lipinski definition) is 2. The summed E-state index contributed by atoms with van der Waals surface area (Å²) in [7, 11) is 0. The van der Waals surface area contributed by atoms with Crippen LogP contribution in [0.2, 0.25) is 0 Å². The Labute approximate surface area is 111 Å². The Kier molecular flexibility index (Phi) is 4.14. The van der Waals surface area contributed by atoms with Crippen molar-refractivity contribution in [2.75, 3.05) is 18.4 Å². The molecule has 1 aromatic rings. The quantitative estimate of drug-likeness (QED) is 0.862. The summed E-state index contributed by atoms with van der Waals surface area (Å²) in [5.74, 6) is -1.97. The first-order valence-corrected chi connectivity index (χ1v) is 6.45. The minimum Gasteiger partial charge on any atom is -0.320 e. The van der Waals surface area contributed by atoms with E-state index < -0.39 is 17.5 Å². The molecule has 1 amide bonds. The number of benzene rings is 1. The van der Waals surface area contributed by atoms with E-state index in [0.29, 0.717) is 0 Å². The molecule has 0 spiro atoms. The standard InChI is InChI=1S/C14H18F2N2O/c1-14(6-3-7-14)9-17-8-12(19)18-13-10(15)4-2-5-11(13)16/h2,4-5,17H,3,6-9H2,1H3,(H,18,19). The van der Waals surface area contributed by atoms with Gasteiger partial charge in [0.15, 0.2) is 0 Å². The normalized spacial score (nSPS) is 16.8. The maximum atomic E-state index is 13.3. The van der Waals surface area contributed by atoms with E-state index in [2.05, 4.69) is 17.6 Å². The van der Waals surface area contributed by atoms with Crippen LogP contribution in [0, 0.1) is 17.0 Å². The summed E-state index contributed by atoms with van der Waals surface area (Å²) in [6, 6.07) is 3.49. The number of halogens is 2. The van der Waals surface area contributed by atoms with E-state index >= 15 is 0 Å². The Morgan fingerprint density at radius 2 is 1.95 bits per heavy atom. The Hall–Kier alpha value is -1.49. The molecule has 0 radical (unpaired) electrons. The van der Waals surface area contributed by atoms with Crippen LogP contribution >= 0.6 is 0 Å². The number of hydrogen-bond acceptors (Lipinski definition) is 2. The number of carbonyl (C=O) groups excluding carboxylic acids is 1. The zero-order chi connectivity index (χ0) is 13.9. The van der Waals surface area contributed by atoms with Crippen LogP contribution in [0.15, 0.2) is 18.2 Å². The van der Waals surface area contributed by atoms with Gasteiger partial charge in [0.25, 0.3) is 0 Å². The zero-order valence-electron chi connectivity index (χ0n) is 10.9. The highest BCUT2D eigenvalue weighted by Gasteiger charge is 2.31. The van der Waals surface area contributed by atoms with Gasteiger partial charge in [0.2, 0.25) is 5.91 Å². The number of carbonyl (C=O) groups is 1. The third-order valence-corrected chi connectivity index (χ3v) is 3.63. The van der Waals surface area contributed by atoms with Crippen LogP contribution in [-0.4, -0.2) is 19.0 Å². The molecule has 0 unspecified atom stereocenters. The lowest BCUT2D eigenvalue weighted by Crippen LogP contribution is -2.40. The van der Waals surface area contributed by atoms with Crippen molar-refractivity contribution >= 4 is 11.6 Å². The fraction of sp³-hybridized carbons (Fsp3) is 0.500. The Balaban J connectivity index is 1.81. The molecule has 1 saturated carbocycles. The summed E-state index contributed by atoms with van der Waals surface area (Å²) < 4.78 is 26.6. The molecule has 0 atom stereocenters. The predicted molar refractivity (Wildman–Crippen MR) is 69.8 cm³/mol. The van der Waals surface area contributed by atoms with Crippen LogP contribution in [0.1, 0.15) is 26.2 Å². The van der Waals surface area contributed by atoms with Gasteiger partial charge in [-0.3, -0.25) is 4.79 Å². The molecular weight excluding hydrogens is 250 g/mol. The summed E-state index contributed by atoms with van der Waals surface area (Å²) in [5, 5.41) is 5.28. The lowest BCUT2D eigenvalue weighted by molar-refractivity contribution is -0.115. The van der Waals surface area contributed by atoms with Crippen LogP contribution in [0.25, 0.3) is 0 Å². The van der Waals surface area contributed by atoms with Gasteiger partial charge in [-0.05, 0) is 30.4 Å². The molecule has 0 heterocycles. The molecule has 3 nitrogen and oxygen atoms in total. The van der Waals surface area contributed by atoms with Crippen molar-refractivity contribution in [1.29, 1.82) is 0 Å². The number of rotatable bonds is 5. The molecule has 2 N–H and O–H groups in total. The molecule has 0 bridgehead atoms. The molecule has 19 heavy (non-hydrogen) atoms. The van der Waals surface area contributed by atoms with Gasteiger partial charge in [-0.15, -0.1) is 0 Å². The average molecular weight is 268 g/mol. The first-order chi connectivity index (χ1) is 9.00. The van der Waals surface area contributed by atoms with Gasteiger partial charge in [-0.25, -0.2) is 8.78 Å². The first-order valence-electron chi connectivity index (χ1n) is 6.45. The van der Waals surface area contributed by atoms with E-state index in [0.717, 1.165) is 31.5 Å². The zero-order valence-corrected chi connectivity index (χ0v) is 10.9. The maximum absolute atomic E-state index is 13.3. The molecule has 0 saturated heterocycles. The summed E-state index contributed by atoms with van der Waals surface area (Å²) >= 11 is 0. The largest absolute Gasteiger partial charge is 0.320 e. The second-order valence-electron chi connectivity index (χ2n) is 5.41. The van der Waals surface area contributed by atoms with Gasteiger partial charge >= 0.3 is 0 Å². The average Bonchev–Trinajstić information content (AvgIpc) is 2.32. The van der Waals surface area contributed by atoms with Crippen molar-refractivity contribution in [3.8, 4) is 0 Å². The fourth-order valence-corrected chi connectivity index (χ4v) is 2.24. The van der Waals surface area contributed by atoms with Crippen molar-refractivity contribution in [2.45, 2.75) is 26.2 Å². The Morgan fingerprint density at radius 3 is 2.47 bits per heavy atom. The van der Waals surface area contributed by atoms with E-state index in [9.17, 15) is 13.6 Å². The van der Waals surface area contributed by atoms with Crippen LogP contribution in [-0.2, 0) is 4.79 Å². The van der Waals surface area contributed by atoms with Crippen molar-refractivity contribution in [2.24, 2.45) is 5.41 Å². The third kappa shape index (κ3) is 3.50. The highest BCUT2D eigenvalue weighted by atomic mass is 19.1. The lowest BCUT2D eigenvalue weighted by Gasteiger charge is -2.38. The van der Waals surface area contributed by atoms with E-state index in [1.807, 2.05) is 0 Å². The number of anilines is 1. The minimum atomic E-state index is -0.765. The van der Waals surface area contributed by atoms with E-state index in [4.69, 9.17) is 0 Å². The molecular formula is C14H18F2N2O. The predicted octanol–water partition coefficient (Wildman–Crippen LogP) is 2.68. The highest BCUT2D eigenvalue weighted by Crippen LogP contribution is 2.39.